The average Bonchev–Trinajstić information content (AvgIpc) is 2.64. The van der Waals surface area contributed by atoms with Crippen molar-refractivity contribution < 1.29 is 9.47 Å². The molecule has 1 heterocycles. The van der Waals surface area contributed by atoms with Gasteiger partial charge in [-0.2, -0.15) is 0 Å². The number of aryl methyl sites for hydroxylation is 2. The maximum absolute atomic E-state index is 5.66. The Labute approximate surface area is 90.2 Å². The summed E-state index contributed by atoms with van der Waals surface area (Å²) in [7, 11) is 0. The molecule has 82 valence electrons. The Morgan fingerprint density at radius 1 is 1.27 bits per heavy atom. The van der Waals surface area contributed by atoms with Crippen LogP contribution in [0.4, 0.5) is 0 Å². The molecule has 3 nitrogen and oxygen atoms in total. The molecule has 2 N–H and O–H groups in total. The first-order chi connectivity index (χ1) is 7.19. The van der Waals surface area contributed by atoms with Gasteiger partial charge in [0.1, 0.15) is 0 Å². The Hall–Kier alpha value is -0.900. The van der Waals surface area contributed by atoms with E-state index >= 15 is 0 Å². The monoisotopic (exact) mass is 207 g/mol. The number of benzene rings is 1. The second-order valence-corrected chi connectivity index (χ2v) is 4.08. The Balaban J connectivity index is 2.16. The van der Waals surface area contributed by atoms with Gasteiger partial charge in [-0.25, -0.2) is 0 Å². The van der Waals surface area contributed by atoms with Crippen LogP contribution in [0.5, 0.6) is 0 Å². The SMILES string of the molecule is Cc1cc(C)cc(C2OCC(CN)O2)c1. The standard InChI is InChI=1S/C12H17NO2/c1-8-3-9(2)5-10(4-8)12-14-7-11(6-13)15-12/h3-5,11-12H,6-7,13H2,1-2H3. The van der Waals surface area contributed by atoms with Crippen molar-refractivity contribution in [2.24, 2.45) is 5.73 Å². The molecule has 0 radical (unpaired) electrons. The van der Waals surface area contributed by atoms with E-state index in [0.717, 1.165) is 5.56 Å². The van der Waals surface area contributed by atoms with Gasteiger partial charge in [-0.05, 0) is 13.8 Å². The lowest BCUT2D eigenvalue weighted by atomic mass is 10.1. The molecule has 0 amide bonds. The number of hydrogen-bond donors (Lipinski definition) is 1. The van der Waals surface area contributed by atoms with Gasteiger partial charge in [0.05, 0.1) is 12.7 Å². The zero-order valence-electron chi connectivity index (χ0n) is 9.19. The topological polar surface area (TPSA) is 44.5 Å². The van der Waals surface area contributed by atoms with Crippen LogP contribution in [0.25, 0.3) is 0 Å². The van der Waals surface area contributed by atoms with Crippen molar-refractivity contribution in [1.82, 2.24) is 0 Å². The van der Waals surface area contributed by atoms with Crippen LogP contribution in [0.1, 0.15) is 23.0 Å². The fourth-order valence-electron chi connectivity index (χ4n) is 1.89. The van der Waals surface area contributed by atoms with Crippen molar-refractivity contribution in [2.75, 3.05) is 13.2 Å². The van der Waals surface area contributed by atoms with Gasteiger partial charge in [-0.1, -0.05) is 29.3 Å². The maximum atomic E-state index is 5.66. The third-order valence-electron chi connectivity index (χ3n) is 2.53. The molecule has 0 saturated carbocycles. The van der Waals surface area contributed by atoms with Crippen LogP contribution in [-0.2, 0) is 9.47 Å². The minimum atomic E-state index is -0.239. The molecule has 15 heavy (non-hydrogen) atoms. The lowest BCUT2D eigenvalue weighted by Crippen LogP contribution is -2.21. The molecular formula is C12H17NO2. The highest BCUT2D eigenvalue weighted by molar-refractivity contribution is 5.29. The van der Waals surface area contributed by atoms with E-state index < -0.39 is 0 Å². The van der Waals surface area contributed by atoms with Crippen molar-refractivity contribution in [3.63, 3.8) is 0 Å². The van der Waals surface area contributed by atoms with E-state index in [1.165, 1.54) is 11.1 Å². The van der Waals surface area contributed by atoms with E-state index in [9.17, 15) is 0 Å². The quantitative estimate of drug-likeness (QED) is 0.802. The Bertz CT molecular complexity index is 331. The molecule has 1 saturated heterocycles. The molecule has 1 aliphatic rings. The van der Waals surface area contributed by atoms with Crippen LogP contribution in [-0.4, -0.2) is 19.3 Å². The first kappa shape index (κ1) is 10.6. The van der Waals surface area contributed by atoms with Crippen molar-refractivity contribution in [3.05, 3.63) is 34.9 Å². The van der Waals surface area contributed by atoms with Gasteiger partial charge in [0.2, 0.25) is 0 Å². The minimum Gasteiger partial charge on any atom is -0.346 e. The lowest BCUT2D eigenvalue weighted by Gasteiger charge is -2.12. The van der Waals surface area contributed by atoms with Crippen molar-refractivity contribution in [1.29, 1.82) is 0 Å². The zero-order valence-corrected chi connectivity index (χ0v) is 9.19. The summed E-state index contributed by atoms with van der Waals surface area (Å²) in [6.45, 7) is 5.26. The molecule has 3 heteroatoms. The van der Waals surface area contributed by atoms with E-state index in [0.29, 0.717) is 13.2 Å². The number of ether oxygens (including phenoxy) is 2. The first-order valence-corrected chi connectivity index (χ1v) is 5.24. The lowest BCUT2D eigenvalue weighted by molar-refractivity contribution is -0.0586. The highest BCUT2D eigenvalue weighted by Gasteiger charge is 2.26. The normalized spacial score (nSPS) is 25.8. The largest absolute Gasteiger partial charge is 0.346 e. The van der Waals surface area contributed by atoms with Crippen molar-refractivity contribution in [2.45, 2.75) is 26.2 Å². The van der Waals surface area contributed by atoms with Gasteiger partial charge in [0.25, 0.3) is 0 Å². The Morgan fingerprint density at radius 2 is 1.93 bits per heavy atom. The fraction of sp³-hybridized carbons (Fsp3) is 0.500. The van der Waals surface area contributed by atoms with Crippen LogP contribution >= 0.6 is 0 Å². The molecule has 2 rings (SSSR count). The average molecular weight is 207 g/mol. The molecular weight excluding hydrogens is 190 g/mol. The molecule has 0 aliphatic carbocycles. The molecule has 2 atom stereocenters. The molecule has 1 aromatic carbocycles. The zero-order chi connectivity index (χ0) is 10.8. The van der Waals surface area contributed by atoms with Gasteiger partial charge in [-0.15, -0.1) is 0 Å². The molecule has 1 aliphatic heterocycles. The summed E-state index contributed by atoms with van der Waals surface area (Å²) >= 11 is 0. The summed E-state index contributed by atoms with van der Waals surface area (Å²) in [6.07, 6.45) is -0.201. The van der Waals surface area contributed by atoms with E-state index in [2.05, 4.69) is 32.0 Å². The summed E-state index contributed by atoms with van der Waals surface area (Å²) in [6, 6.07) is 6.33. The summed E-state index contributed by atoms with van der Waals surface area (Å²) in [5.74, 6) is 0. The molecule has 2 unspecified atom stereocenters. The highest BCUT2D eigenvalue weighted by Crippen LogP contribution is 2.27. The molecule has 0 spiro atoms. The van der Waals surface area contributed by atoms with Crippen LogP contribution < -0.4 is 5.73 Å². The minimum absolute atomic E-state index is 0.0378. The van der Waals surface area contributed by atoms with Crippen LogP contribution in [0, 0.1) is 13.8 Å². The van der Waals surface area contributed by atoms with Gasteiger partial charge < -0.3 is 15.2 Å². The van der Waals surface area contributed by atoms with E-state index in [1.54, 1.807) is 0 Å². The number of hydrogen-bond acceptors (Lipinski definition) is 3. The molecule has 1 aromatic rings. The smallest absolute Gasteiger partial charge is 0.184 e. The predicted octanol–water partition coefficient (Wildman–Crippen LogP) is 1.68. The third kappa shape index (κ3) is 2.37. The summed E-state index contributed by atoms with van der Waals surface area (Å²) < 4.78 is 11.2. The first-order valence-electron chi connectivity index (χ1n) is 5.24. The van der Waals surface area contributed by atoms with E-state index in [1.807, 2.05) is 0 Å². The Morgan fingerprint density at radius 3 is 2.47 bits per heavy atom. The maximum Gasteiger partial charge on any atom is 0.184 e. The second kappa shape index (κ2) is 4.31. The van der Waals surface area contributed by atoms with Crippen molar-refractivity contribution >= 4 is 0 Å². The summed E-state index contributed by atoms with van der Waals surface area (Å²) in [5, 5.41) is 0. The van der Waals surface area contributed by atoms with Gasteiger partial charge in [0, 0.05) is 12.1 Å². The molecule has 0 aromatic heterocycles. The molecule has 0 bridgehead atoms. The molecule has 1 fully saturated rings. The third-order valence-corrected chi connectivity index (χ3v) is 2.53. The summed E-state index contributed by atoms with van der Waals surface area (Å²) in [4.78, 5) is 0. The summed E-state index contributed by atoms with van der Waals surface area (Å²) in [5.41, 5.74) is 9.08. The fourth-order valence-corrected chi connectivity index (χ4v) is 1.89. The van der Waals surface area contributed by atoms with Gasteiger partial charge in [-0.3, -0.25) is 0 Å². The number of nitrogens with two attached hydrogens (primary N) is 1. The van der Waals surface area contributed by atoms with Gasteiger partial charge >= 0.3 is 0 Å². The Kier molecular flexibility index (Phi) is 3.05. The van der Waals surface area contributed by atoms with Crippen LogP contribution in [0.2, 0.25) is 0 Å². The highest BCUT2D eigenvalue weighted by atomic mass is 16.7. The van der Waals surface area contributed by atoms with Crippen LogP contribution in [0.3, 0.4) is 0 Å². The number of rotatable bonds is 2. The van der Waals surface area contributed by atoms with Crippen molar-refractivity contribution in [3.8, 4) is 0 Å². The van der Waals surface area contributed by atoms with Crippen LogP contribution in [0.15, 0.2) is 18.2 Å². The van der Waals surface area contributed by atoms with E-state index in [-0.39, 0.29) is 12.4 Å². The van der Waals surface area contributed by atoms with E-state index in [4.69, 9.17) is 15.2 Å². The predicted molar refractivity (Wildman–Crippen MR) is 58.5 cm³/mol. The second-order valence-electron chi connectivity index (χ2n) is 4.08. The van der Waals surface area contributed by atoms with Gasteiger partial charge in [0.15, 0.2) is 6.29 Å².